The summed E-state index contributed by atoms with van der Waals surface area (Å²) >= 11 is 5.84. The minimum absolute atomic E-state index is 0.0119. The number of piperidine rings is 1. The van der Waals surface area contributed by atoms with Gasteiger partial charge in [-0.15, -0.1) is 0 Å². The quantitative estimate of drug-likeness (QED) is 0.837. The van der Waals surface area contributed by atoms with E-state index in [1.165, 1.54) is 6.07 Å². The Bertz CT molecular complexity index is 362. The molecule has 1 N–H and O–H groups in total. The van der Waals surface area contributed by atoms with Crippen LogP contribution in [0.5, 0.6) is 0 Å². The molecule has 1 aromatic carbocycles. The van der Waals surface area contributed by atoms with Crippen molar-refractivity contribution < 1.29 is 8.78 Å². The molecule has 0 bridgehead atoms. The van der Waals surface area contributed by atoms with Crippen molar-refractivity contribution in [3.8, 4) is 0 Å². The van der Waals surface area contributed by atoms with Gasteiger partial charge in [0, 0.05) is 17.1 Å². The molecule has 0 spiro atoms. The molecule has 1 heterocycles. The fourth-order valence-electron chi connectivity index (χ4n) is 2.26. The molecular weight excluding hydrogens is 232 g/mol. The molecule has 1 aliphatic rings. The van der Waals surface area contributed by atoms with Crippen LogP contribution in [0.1, 0.15) is 36.3 Å². The molecule has 0 aliphatic carbocycles. The maximum absolute atomic E-state index is 12.9. The average Bonchev–Trinajstić information content (AvgIpc) is 2.29. The number of alkyl halides is 2. The first-order valence-corrected chi connectivity index (χ1v) is 5.85. The molecule has 0 radical (unpaired) electrons. The Balaban J connectivity index is 2.34. The lowest BCUT2D eigenvalue weighted by Gasteiger charge is -2.25. The number of hydrogen-bond acceptors (Lipinski definition) is 1. The van der Waals surface area contributed by atoms with Crippen LogP contribution in [-0.4, -0.2) is 13.1 Å². The van der Waals surface area contributed by atoms with Gasteiger partial charge in [0.05, 0.1) is 0 Å². The van der Waals surface area contributed by atoms with E-state index in [9.17, 15) is 8.78 Å². The van der Waals surface area contributed by atoms with Gasteiger partial charge in [0.15, 0.2) is 0 Å². The van der Waals surface area contributed by atoms with Gasteiger partial charge in [-0.05, 0) is 36.9 Å². The van der Waals surface area contributed by atoms with E-state index in [4.69, 9.17) is 11.6 Å². The van der Waals surface area contributed by atoms with Crippen LogP contribution in [-0.2, 0) is 0 Å². The van der Waals surface area contributed by atoms with Gasteiger partial charge in [-0.3, -0.25) is 0 Å². The van der Waals surface area contributed by atoms with Crippen LogP contribution in [0.2, 0.25) is 5.02 Å². The van der Waals surface area contributed by atoms with Crippen LogP contribution >= 0.6 is 11.6 Å². The normalized spacial score (nSPS) is 21.4. The first kappa shape index (κ1) is 11.8. The molecule has 1 unspecified atom stereocenters. The average molecular weight is 246 g/mol. The van der Waals surface area contributed by atoms with E-state index in [-0.39, 0.29) is 16.5 Å². The second-order valence-electron chi connectivity index (χ2n) is 4.09. The Kier molecular flexibility index (Phi) is 3.77. The lowest BCUT2D eigenvalue weighted by Crippen LogP contribution is -2.29. The maximum Gasteiger partial charge on any atom is 0.265 e. The summed E-state index contributed by atoms with van der Waals surface area (Å²) in [7, 11) is 0. The Labute approximate surface area is 98.8 Å². The third kappa shape index (κ3) is 2.36. The van der Waals surface area contributed by atoms with E-state index in [1.807, 2.05) is 0 Å². The van der Waals surface area contributed by atoms with Crippen molar-refractivity contribution in [2.24, 2.45) is 0 Å². The maximum atomic E-state index is 12.9. The number of halogens is 3. The Morgan fingerprint density at radius 3 is 2.81 bits per heavy atom. The van der Waals surface area contributed by atoms with Crippen molar-refractivity contribution in [3.05, 3.63) is 34.3 Å². The van der Waals surface area contributed by atoms with E-state index >= 15 is 0 Å². The standard InChI is InChI=1S/C12H14ClF2N/c13-10-5-1-4-9(11(10)12(14)15)8-3-2-6-16-7-8/h1,4-5,8,12,16H,2-3,6-7H2. The van der Waals surface area contributed by atoms with Crippen LogP contribution in [0.3, 0.4) is 0 Å². The van der Waals surface area contributed by atoms with Crippen LogP contribution in [0.15, 0.2) is 18.2 Å². The third-order valence-electron chi connectivity index (χ3n) is 3.04. The monoisotopic (exact) mass is 245 g/mol. The minimum atomic E-state index is -2.49. The fourth-order valence-corrected chi connectivity index (χ4v) is 2.52. The summed E-state index contributed by atoms with van der Waals surface area (Å²) < 4.78 is 25.9. The highest BCUT2D eigenvalue weighted by molar-refractivity contribution is 6.31. The lowest BCUT2D eigenvalue weighted by molar-refractivity contribution is 0.149. The highest BCUT2D eigenvalue weighted by Crippen LogP contribution is 2.36. The molecular formula is C12H14ClF2N. The van der Waals surface area contributed by atoms with Crippen LogP contribution in [0.25, 0.3) is 0 Å². The number of nitrogens with one attached hydrogen (secondary N) is 1. The molecule has 4 heteroatoms. The lowest BCUT2D eigenvalue weighted by atomic mass is 9.88. The first-order valence-electron chi connectivity index (χ1n) is 5.47. The predicted molar refractivity (Wildman–Crippen MR) is 61.3 cm³/mol. The van der Waals surface area contributed by atoms with Crippen molar-refractivity contribution in [1.29, 1.82) is 0 Å². The molecule has 1 atom stereocenters. The van der Waals surface area contributed by atoms with E-state index in [2.05, 4.69) is 5.32 Å². The molecule has 1 fully saturated rings. The summed E-state index contributed by atoms with van der Waals surface area (Å²) in [6, 6.07) is 5.05. The Hall–Kier alpha value is -0.670. The zero-order chi connectivity index (χ0) is 11.5. The summed E-state index contributed by atoms with van der Waals surface area (Å²) in [5.74, 6) is 0.163. The Morgan fingerprint density at radius 1 is 1.38 bits per heavy atom. The molecule has 1 aromatic rings. The van der Waals surface area contributed by atoms with Crippen LogP contribution in [0.4, 0.5) is 8.78 Å². The third-order valence-corrected chi connectivity index (χ3v) is 3.37. The molecule has 0 aromatic heterocycles. The van der Waals surface area contributed by atoms with Gasteiger partial charge < -0.3 is 5.32 Å². The van der Waals surface area contributed by atoms with E-state index in [0.29, 0.717) is 5.56 Å². The molecule has 1 aliphatic heterocycles. The zero-order valence-corrected chi connectivity index (χ0v) is 9.61. The van der Waals surface area contributed by atoms with Crippen LogP contribution < -0.4 is 5.32 Å². The van der Waals surface area contributed by atoms with Gasteiger partial charge in [0.2, 0.25) is 0 Å². The first-order chi connectivity index (χ1) is 7.70. The van der Waals surface area contributed by atoms with Crippen molar-refractivity contribution in [2.75, 3.05) is 13.1 Å². The SMILES string of the molecule is FC(F)c1c(Cl)cccc1C1CCCNC1. The highest BCUT2D eigenvalue weighted by atomic mass is 35.5. The second kappa shape index (κ2) is 5.11. The molecule has 16 heavy (non-hydrogen) atoms. The largest absolute Gasteiger partial charge is 0.316 e. The molecule has 1 nitrogen and oxygen atoms in total. The van der Waals surface area contributed by atoms with Gasteiger partial charge in [-0.1, -0.05) is 23.7 Å². The molecule has 2 rings (SSSR count). The van der Waals surface area contributed by atoms with Crippen LogP contribution in [0, 0.1) is 0 Å². The fraction of sp³-hybridized carbons (Fsp3) is 0.500. The van der Waals surface area contributed by atoms with Crippen molar-refractivity contribution in [2.45, 2.75) is 25.2 Å². The number of benzene rings is 1. The topological polar surface area (TPSA) is 12.0 Å². The van der Waals surface area contributed by atoms with Crippen molar-refractivity contribution in [1.82, 2.24) is 5.32 Å². The molecule has 0 amide bonds. The van der Waals surface area contributed by atoms with Crippen molar-refractivity contribution in [3.63, 3.8) is 0 Å². The summed E-state index contributed by atoms with van der Waals surface area (Å²) in [6.07, 6.45) is -0.516. The summed E-state index contributed by atoms with van der Waals surface area (Å²) in [5.41, 5.74) is 0.715. The van der Waals surface area contributed by atoms with E-state index in [0.717, 1.165) is 25.9 Å². The predicted octanol–water partition coefficient (Wildman–Crippen LogP) is 3.74. The highest BCUT2D eigenvalue weighted by Gasteiger charge is 2.23. The molecule has 0 saturated carbocycles. The smallest absolute Gasteiger partial charge is 0.265 e. The zero-order valence-electron chi connectivity index (χ0n) is 8.85. The van der Waals surface area contributed by atoms with Gasteiger partial charge >= 0.3 is 0 Å². The molecule has 88 valence electrons. The number of hydrogen-bond donors (Lipinski definition) is 1. The van der Waals surface area contributed by atoms with Gasteiger partial charge in [-0.2, -0.15) is 0 Å². The summed E-state index contributed by atoms with van der Waals surface area (Å²) in [5, 5.41) is 3.41. The van der Waals surface area contributed by atoms with E-state index in [1.54, 1.807) is 12.1 Å². The molecule has 1 saturated heterocycles. The summed E-state index contributed by atoms with van der Waals surface area (Å²) in [4.78, 5) is 0. The Morgan fingerprint density at radius 2 is 2.19 bits per heavy atom. The van der Waals surface area contributed by atoms with Gasteiger partial charge in [0.25, 0.3) is 6.43 Å². The van der Waals surface area contributed by atoms with E-state index < -0.39 is 6.43 Å². The van der Waals surface area contributed by atoms with Gasteiger partial charge in [-0.25, -0.2) is 8.78 Å². The van der Waals surface area contributed by atoms with Crippen molar-refractivity contribution >= 4 is 11.6 Å². The summed E-state index contributed by atoms with van der Waals surface area (Å²) in [6.45, 7) is 1.74. The van der Waals surface area contributed by atoms with Gasteiger partial charge in [0.1, 0.15) is 0 Å². The number of rotatable bonds is 2. The second-order valence-corrected chi connectivity index (χ2v) is 4.49. The minimum Gasteiger partial charge on any atom is -0.316 e.